The Kier molecular flexibility index (Phi) is 2.89. The zero-order chi connectivity index (χ0) is 12.5. The number of aromatic amines is 1. The molecule has 5 nitrogen and oxygen atoms in total. The minimum absolute atomic E-state index is 0.0541. The Morgan fingerprint density at radius 3 is 2.71 bits per heavy atom. The Morgan fingerprint density at radius 2 is 2.06 bits per heavy atom. The van der Waals surface area contributed by atoms with Crippen LogP contribution in [0.1, 0.15) is 11.1 Å². The van der Waals surface area contributed by atoms with Gasteiger partial charge >= 0.3 is 0 Å². The molecule has 2 N–H and O–H groups in total. The number of imidazole rings is 1. The van der Waals surface area contributed by atoms with Gasteiger partial charge in [0.05, 0.1) is 18.2 Å². The lowest BCUT2D eigenvalue weighted by Crippen LogP contribution is -2.14. The van der Waals surface area contributed by atoms with Crippen LogP contribution in [0.5, 0.6) is 0 Å². The van der Waals surface area contributed by atoms with Crippen LogP contribution in [0.3, 0.4) is 0 Å². The maximum Gasteiger partial charge on any atom is 0.278 e. The third-order valence-corrected chi connectivity index (χ3v) is 3.90. The van der Waals surface area contributed by atoms with E-state index in [0.29, 0.717) is 5.69 Å². The van der Waals surface area contributed by atoms with Gasteiger partial charge in [-0.25, -0.2) is 4.98 Å². The number of aromatic nitrogens is 2. The smallest absolute Gasteiger partial charge is 0.278 e. The molecule has 0 saturated heterocycles. The van der Waals surface area contributed by atoms with E-state index in [2.05, 4.69) is 14.7 Å². The first kappa shape index (κ1) is 11.7. The van der Waals surface area contributed by atoms with Crippen LogP contribution in [-0.4, -0.2) is 18.4 Å². The Bertz CT molecular complexity index is 618. The SMILES string of the molecule is Cc1cccc(NS(=O)(=O)c2cnc[nH]2)c1C. The average Bonchev–Trinajstić information content (AvgIpc) is 2.78. The molecule has 17 heavy (non-hydrogen) atoms. The molecular formula is C11H13N3O2S. The molecular weight excluding hydrogens is 238 g/mol. The summed E-state index contributed by atoms with van der Waals surface area (Å²) in [7, 11) is -3.58. The van der Waals surface area contributed by atoms with Crippen LogP contribution in [0.4, 0.5) is 5.69 Å². The molecule has 6 heteroatoms. The lowest BCUT2D eigenvalue weighted by molar-refractivity contribution is 0.598. The van der Waals surface area contributed by atoms with Crippen molar-refractivity contribution in [1.82, 2.24) is 9.97 Å². The Labute approximate surface area is 100.0 Å². The number of aryl methyl sites for hydroxylation is 1. The van der Waals surface area contributed by atoms with Crippen LogP contribution < -0.4 is 4.72 Å². The normalized spacial score (nSPS) is 11.4. The zero-order valence-corrected chi connectivity index (χ0v) is 10.4. The molecule has 0 aliphatic carbocycles. The van der Waals surface area contributed by atoms with Gasteiger partial charge in [0.25, 0.3) is 10.0 Å². The average molecular weight is 251 g/mol. The molecule has 0 bridgehead atoms. The predicted molar refractivity (Wildman–Crippen MR) is 65.3 cm³/mol. The van der Waals surface area contributed by atoms with Gasteiger partial charge in [0.1, 0.15) is 0 Å². The maximum atomic E-state index is 11.9. The van der Waals surface area contributed by atoms with Gasteiger partial charge in [-0.05, 0) is 31.0 Å². The van der Waals surface area contributed by atoms with Crippen LogP contribution in [0.15, 0.2) is 35.7 Å². The van der Waals surface area contributed by atoms with E-state index in [0.717, 1.165) is 11.1 Å². The molecule has 0 spiro atoms. The molecule has 2 rings (SSSR count). The first-order chi connectivity index (χ1) is 8.00. The van der Waals surface area contributed by atoms with Gasteiger partial charge in [-0.3, -0.25) is 4.72 Å². The summed E-state index contributed by atoms with van der Waals surface area (Å²) in [6, 6.07) is 5.48. The molecule has 1 heterocycles. The van der Waals surface area contributed by atoms with Crippen molar-refractivity contribution in [1.29, 1.82) is 0 Å². The van der Waals surface area contributed by atoms with E-state index in [1.807, 2.05) is 26.0 Å². The zero-order valence-electron chi connectivity index (χ0n) is 9.56. The summed E-state index contributed by atoms with van der Waals surface area (Å²) >= 11 is 0. The third kappa shape index (κ3) is 2.31. The monoisotopic (exact) mass is 251 g/mol. The highest BCUT2D eigenvalue weighted by Gasteiger charge is 2.16. The highest BCUT2D eigenvalue weighted by molar-refractivity contribution is 7.92. The molecule has 0 unspecified atom stereocenters. The Hall–Kier alpha value is -1.82. The number of rotatable bonds is 3. The van der Waals surface area contributed by atoms with Crippen molar-refractivity contribution >= 4 is 15.7 Å². The first-order valence-corrected chi connectivity index (χ1v) is 6.56. The number of benzene rings is 1. The van der Waals surface area contributed by atoms with E-state index in [1.165, 1.54) is 12.5 Å². The molecule has 0 saturated carbocycles. The van der Waals surface area contributed by atoms with Crippen molar-refractivity contribution in [2.45, 2.75) is 18.9 Å². The van der Waals surface area contributed by atoms with Crippen molar-refractivity contribution in [3.05, 3.63) is 41.9 Å². The molecule has 0 atom stereocenters. The fraction of sp³-hybridized carbons (Fsp3) is 0.182. The van der Waals surface area contributed by atoms with Crippen LogP contribution >= 0.6 is 0 Å². The topological polar surface area (TPSA) is 74.8 Å². The number of sulfonamides is 1. The second-order valence-electron chi connectivity index (χ2n) is 3.77. The highest BCUT2D eigenvalue weighted by atomic mass is 32.2. The summed E-state index contributed by atoms with van der Waals surface area (Å²) in [4.78, 5) is 6.27. The van der Waals surface area contributed by atoms with Crippen molar-refractivity contribution < 1.29 is 8.42 Å². The van der Waals surface area contributed by atoms with Crippen molar-refractivity contribution in [3.8, 4) is 0 Å². The molecule has 0 amide bonds. The van der Waals surface area contributed by atoms with E-state index >= 15 is 0 Å². The summed E-state index contributed by atoms with van der Waals surface area (Å²) in [5.74, 6) is 0. The minimum atomic E-state index is -3.58. The summed E-state index contributed by atoms with van der Waals surface area (Å²) in [5.41, 5.74) is 2.53. The highest BCUT2D eigenvalue weighted by Crippen LogP contribution is 2.20. The molecule has 90 valence electrons. The van der Waals surface area contributed by atoms with Gasteiger partial charge < -0.3 is 4.98 Å². The predicted octanol–water partition coefficient (Wildman–Crippen LogP) is 1.83. The van der Waals surface area contributed by atoms with Gasteiger partial charge in [-0.2, -0.15) is 8.42 Å². The molecule has 0 aliphatic heterocycles. The molecule has 0 radical (unpaired) electrons. The molecule has 0 fully saturated rings. The van der Waals surface area contributed by atoms with Crippen molar-refractivity contribution in [2.75, 3.05) is 4.72 Å². The number of H-pyrrole nitrogens is 1. The van der Waals surface area contributed by atoms with Gasteiger partial charge in [-0.15, -0.1) is 0 Å². The lowest BCUT2D eigenvalue weighted by Gasteiger charge is -2.10. The fourth-order valence-electron chi connectivity index (χ4n) is 1.45. The third-order valence-electron chi connectivity index (χ3n) is 2.61. The summed E-state index contributed by atoms with van der Waals surface area (Å²) < 4.78 is 26.4. The minimum Gasteiger partial charge on any atom is -0.334 e. The Morgan fingerprint density at radius 1 is 1.29 bits per heavy atom. The van der Waals surface area contributed by atoms with Crippen LogP contribution in [0.2, 0.25) is 0 Å². The van der Waals surface area contributed by atoms with Crippen molar-refractivity contribution in [3.63, 3.8) is 0 Å². The molecule has 1 aromatic heterocycles. The number of anilines is 1. The number of nitrogens with one attached hydrogen (secondary N) is 2. The van der Waals surface area contributed by atoms with E-state index in [9.17, 15) is 8.42 Å². The molecule has 2 aromatic rings. The molecule has 1 aromatic carbocycles. The first-order valence-electron chi connectivity index (χ1n) is 5.08. The second-order valence-corrected chi connectivity index (χ2v) is 5.42. The van der Waals surface area contributed by atoms with Crippen LogP contribution in [-0.2, 0) is 10.0 Å². The van der Waals surface area contributed by atoms with E-state index in [4.69, 9.17) is 0 Å². The van der Waals surface area contributed by atoms with Gasteiger partial charge in [0.15, 0.2) is 5.03 Å². The Balaban J connectivity index is 2.37. The quantitative estimate of drug-likeness (QED) is 0.873. The lowest BCUT2D eigenvalue weighted by atomic mass is 10.1. The number of hydrogen-bond acceptors (Lipinski definition) is 3. The number of nitrogens with zero attached hydrogens (tertiary/aromatic N) is 1. The summed E-state index contributed by atoms with van der Waals surface area (Å²) in [6.45, 7) is 3.81. The summed E-state index contributed by atoms with van der Waals surface area (Å²) in [6.07, 6.45) is 2.60. The maximum absolute atomic E-state index is 11.9. The molecule has 0 aliphatic rings. The summed E-state index contributed by atoms with van der Waals surface area (Å²) in [5, 5.41) is 0.0541. The van der Waals surface area contributed by atoms with Gasteiger partial charge in [0, 0.05) is 0 Å². The van der Waals surface area contributed by atoms with Gasteiger partial charge in [0.2, 0.25) is 0 Å². The van der Waals surface area contributed by atoms with Crippen molar-refractivity contribution in [2.24, 2.45) is 0 Å². The van der Waals surface area contributed by atoms with Crippen LogP contribution in [0, 0.1) is 13.8 Å². The largest absolute Gasteiger partial charge is 0.334 e. The van der Waals surface area contributed by atoms with E-state index < -0.39 is 10.0 Å². The second kappa shape index (κ2) is 4.21. The van der Waals surface area contributed by atoms with Gasteiger partial charge in [-0.1, -0.05) is 12.1 Å². The van der Waals surface area contributed by atoms with Crippen LogP contribution in [0.25, 0.3) is 0 Å². The number of hydrogen-bond donors (Lipinski definition) is 2. The van der Waals surface area contributed by atoms with E-state index in [-0.39, 0.29) is 5.03 Å². The standard InChI is InChI=1S/C11H13N3O2S/c1-8-4-3-5-10(9(8)2)14-17(15,16)11-6-12-7-13-11/h3-7,14H,1-2H3,(H,12,13). The fourth-order valence-corrected chi connectivity index (χ4v) is 2.48. The van der Waals surface area contributed by atoms with E-state index in [1.54, 1.807) is 6.07 Å².